The van der Waals surface area contributed by atoms with Gasteiger partial charge in [-0.3, -0.25) is 9.59 Å². The van der Waals surface area contributed by atoms with Crippen LogP contribution in [0.15, 0.2) is 42.6 Å². The van der Waals surface area contributed by atoms with E-state index in [1.807, 2.05) is 44.2 Å². The summed E-state index contributed by atoms with van der Waals surface area (Å²) in [7, 11) is 1.61. The van der Waals surface area contributed by atoms with E-state index >= 15 is 0 Å². The van der Waals surface area contributed by atoms with Crippen LogP contribution in [0.3, 0.4) is 0 Å². The van der Waals surface area contributed by atoms with Crippen molar-refractivity contribution >= 4 is 22.9 Å². The van der Waals surface area contributed by atoms with Gasteiger partial charge in [0.1, 0.15) is 0 Å². The predicted octanol–water partition coefficient (Wildman–Crippen LogP) is 3.47. The summed E-state index contributed by atoms with van der Waals surface area (Å²) >= 11 is 0. The molecule has 0 fully saturated rings. The molecule has 28 heavy (non-hydrogen) atoms. The van der Waals surface area contributed by atoms with Crippen LogP contribution < -0.4 is 0 Å². The van der Waals surface area contributed by atoms with E-state index in [1.54, 1.807) is 30.9 Å². The highest BCUT2D eigenvalue weighted by Crippen LogP contribution is 2.27. The minimum absolute atomic E-state index is 0.0868. The van der Waals surface area contributed by atoms with Gasteiger partial charge in [-0.15, -0.1) is 0 Å². The molecular weight excluding hydrogens is 356 g/mol. The lowest BCUT2D eigenvalue weighted by Gasteiger charge is -2.20. The standard InChI is InChI=1S/C21H24N4O3/c1-13(2)25-19-17(11-22-25)16(20(26)24(4)12-14(3)21(27)28)10-18(23-19)15-8-6-5-7-9-15/h5-11,13-14H,12H2,1-4H3,(H,27,28). The van der Waals surface area contributed by atoms with E-state index < -0.39 is 11.9 Å². The summed E-state index contributed by atoms with van der Waals surface area (Å²) in [5.41, 5.74) is 2.69. The summed E-state index contributed by atoms with van der Waals surface area (Å²) in [5.74, 6) is -1.84. The van der Waals surface area contributed by atoms with Crippen molar-refractivity contribution in [3.8, 4) is 11.3 Å². The number of amides is 1. The molecule has 2 heterocycles. The fraction of sp³-hybridized carbons (Fsp3) is 0.333. The van der Waals surface area contributed by atoms with Gasteiger partial charge in [0.15, 0.2) is 5.65 Å². The highest BCUT2D eigenvalue weighted by molar-refractivity contribution is 6.06. The van der Waals surface area contributed by atoms with Gasteiger partial charge in [-0.25, -0.2) is 9.67 Å². The zero-order valence-electron chi connectivity index (χ0n) is 16.5. The first-order chi connectivity index (χ1) is 13.3. The van der Waals surface area contributed by atoms with E-state index in [9.17, 15) is 9.59 Å². The van der Waals surface area contributed by atoms with Crippen LogP contribution in [-0.4, -0.2) is 50.2 Å². The van der Waals surface area contributed by atoms with Gasteiger partial charge in [-0.2, -0.15) is 5.10 Å². The van der Waals surface area contributed by atoms with Gasteiger partial charge in [0.25, 0.3) is 5.91 Å². The first-order valence-electron chi connectivity index (χ1n) is 9.21. The molecule has 0 aliphatic heterocycles. The normalized spacial score (nSPS) is 12.3. The number of nitrogens with zero attached hydrogens (tertiary/aromatic N) is 4. The third-order valence-electron chi connectivity index (χ3n) is 4.67. The minimum Gasteiger partial charge on any atom is -0.481 e. The summed E-state index contributed by atoms with van der Waals surface area (Å²) in [6, 6.07) is 11.5. The molecule has 3 aromatic rings. The number of aliphatic carboxylic acids is 1. The van der Waals surface area contributed by atoms with E-state index in [0.717, 1.165) is 5.56 Å². The Labute approximate surface area is 163 Å². The number of carbonyl (C=O) groups excluding carboxylic acids is 1. The fourth-order valence-corrected chi connectivity index (χ4v) is 3.11. The summed E-state index contributed by atoms with van der Waals surface area (Å²) in [5, 5.41) is 14.2. The number of carbonyl (C=O) groups is 2. The minimum atomic E-state index is -0.933. The van der Waals surface area contributed by atoms with Crippen LogP contribution in [0.1, 0.15) is 37.2 Å². The van der Waals surface area contributed by atoms with Crippen LogP contribution in [0.5, 0.6) is 0 Å². The molecule has 0 saturated heterocycles. The molecule has 1 unspecified atom stereocenters. The van der Waals surface area contributed by atoms with Crippen LogP contribution in [0, 0.1) is 5.92 Å². The number of hydrogen-bond donors (Lipinski definition) is 1. The van der Waals surface area contributed by atoms with Crippen LogP contribution in [0.4, 0.5) is 0 Å². The Hall–Kier alpha value is -3.22. The third-order valence-corrected chi connectivity index (χ3v) is 4.67. The zero-order chi connectivity index (χ0) is 20.4. The van der Waals surface area contributed by atoms with E-state index in [2.05, 4.69) is 5.10 Å². The molecule has 7 nitrogen and oxygen atoms in total. The first kappa shape index (κ1) is 19.5. The van der Waals surface area contributed by atoms with Crippen molar-refractivity contribution in [2.24, 2.45) is 5.92 Å². The van der Waals surface area contributed by atoms with Gasteiger partial charge in [-0.1, -0.05) is 37.3 Å². The molecule has 7 heteroatoms. The Morgan fingerprint density at radius 2 is 1.86 bits per heavy atom. The third kappa shape index (κ3) is 3.74. The van der Waals surface area contributed by atoms with Crippen molar-refractivity contribution in [3.05, 3.63) is 48.2 Å². The van der Waals surface area contributed by atoms with Gasteiger partial charge in [0.2, 0.25) is 0 Å². The molecule has 2 aromatic heterocycles. The first-order valence-corrected chi connectivity index (χ1v) is 9.21. The Morgan fingerprint density at radius 1 is 1.18 bits per heavy atom. The largest absolute Gasteiger partial charge is 0.481 e. The average Bonchev–Trinajstić information content (AvgIpc) is 3.11. The number of carboxylic acid groups (broad SMARTS) is 1. The number of fused-ring (bicyclic) bond motifs is 1. The molecule has 0 saturated carbocycles. The summed E-state index contributed by atoms with van der Waals surface area (Å²) in [6.45, 7) is 5.72. The van der Waals surface area contributed by atoms with Gasteiger partial charge < -0.3 is 10.0 Å². The quantitative estimate of drug-likeness (QED) is 0.707. The van der Waals surface area contributed by atoms with Crippen molar-refractivity contribution in [3.63, 3.8) is 0 Å². The second kappa shape index (κ2) is 7.80. The summed E-state index contributed by atoms with van der Waals surface area (Å²) < 4.78 is 1.79. The molecular formula is C21H24N4O3. The SMILES string of the molecule is CC(CN(C)C(=O)c1cc(-c2ccccc2)nc2c1cnn2C(C)C)C(=O)O. The zero-order valence-corrected chi connectivity index (χ0v) is 16.5. The summed E-state index contributed by atoms with van der Waals surface area (Å²) in [6.07, 6.45) is 1.65. The van der Waals surface area contributed by atoms with E-state index in [-0.39, 0.29) is 18.5 Å². The second-order valence-corrected chi connectivity index (χ2v) is 7.27. The highest BCUT2D eigenvalue weighted by atomic mass is 16.4. The monoisotopic (exact) mass is 380 g/mol. The van der Waals surface area contributed by atoms with Crippen LogP contribution in [0.25, 0.3) is 22.3 Å². The van der Waals surface area contributed by atoms with E-state index in [0.29, 0.717) is 22.3 Å². The lowest BCUT2D eigenvalue weighted by atomic mass is 10.1. The van der Waals surface area contributed by atoms with Crippen molar-refractivity contribution in [2.75, 3.05) is 13.6 Å². The van der Waals surface area contributed by atoms with E-state index in [4.69, 9.17) is 10.1 Å². The Bertz CT molecular complexity index is 1010. The number of pyridine rings is 1. The fourth-order valence-electron chi connectivity index (χ4n) is 3.11. The number of carboxylic acids is 1. The smallest absolute Gasteiger partial charge is 0.308 e. The molecule has 0 aliphatic carbocycles. The number of rotatable bonds is 6. The van der Waals surface area contributed by atoms with Crippen LogP contribution >= 0.6 is 0 Å². The van der Waals surface area contributed by atoms with Gasteiger partial charge in [0, 0.05) is 25.2 Å². The Balaban J connectivity index is 2.12. The van der Waals surface area contributed by atoms with Crippen molar-refractivity contribution in [2.45, 2.75) is 26.8 Å². The topological polar surface area (TPSA) is 88.3 Å². The molecule has 3 rings (SSSR count). The van der Waals surface area contributed by atoms with Crippen LogP contribution in [0.2, 0.25) is 0 Å². The Kier molecular flexibility index (Phi) is 5.44. The number of benzene rings is 1. The van der Waals surface area contributed by atoms with Crippen molar-refractivity contribution in [1.82, 2.24) is 19.7 Å². The molecule has 0 radical (unpaired) electrons. The maximum absolute atomic E-state index is 13.1. The Morgan fingerprint density at radius 3 is 2.46 bits per heavy atom. The van der Waals surface area contributed by atoms with E-state index in [1.165, 1.54) is 4.90 Å². The van der Waals surface area contributed by atoms with Crippen LogP contribution in [-0.2, 0) is 4.79 Å². The second-order valence-electron chi connectivity index (χ2n) is 7.27. The maximum Gasteiger partial charge on any atom is 0.308 e. The molecule has 1 N–H and O–H groups in total. The van der Waals surface area contributed by atoms with Gasteiger partial charge >= 0.3 is 5.97 Å². The van der Waals surface area contributed by atoms with Crippen molar-refractivity contribution in [1.29, 1.82) is 0 Å². The maximum atomic E-state index is 13.1. The average molecular weight is 380 g/mol. The molecule has 0 aliphatic rings. The lowest BCUT2D eigenvalue weighted by molar-refractivity contribution is -0.141. The molecule has 1 amide bonds. The molecule has 1 atom stereocenters. The van der Waals surface area contributed by atoms with Gasteiger partial charge in [0.05, 0.1) is 28.8 Å². The predicted molar refractivity (Wildman–Crippen MR) is 107 cm³/mol. The summed E-state index contributed by atoms with van der Waals surface area (Å²) in [4.78, 5) is 30.5. The molecule has 0 bridgehead atoms. The number of aromatic nitrogens is 3. The molecule has 146 valence electrons. The van der Waals surface area contributed by atoms with Crippen molar-refractivity contribution < 1.29 is 14.7 Å². The molecule has 0 spiro atoms. The lowest BCUT2D eigenvalue weighted by Crippen LogP contribution is -2.33. The number of hydrogen-bond acceptors (Lipinski definition) is 4. The highest BCUT2D eigenvalue weighted by Gasteiger charge is 2.23. The van der Waals surface area contributed by atoms with Gasteiger partial charge in [-0.05, 0) is 19.9 Å². The molecule has 1 aromatic carbocycles.